The molecule has 0 saturated carbocycles. The fraction of sp³-hybridized carbons (Fsp3) is 0.238. The number of hydrogen-bond donors (Lipinski definition) is 1. The van der Waals surface area contributed by atoms with Crippen LogP contribution in [0.4, 0.5) is 17.6 Å². The maximum absolute atomic E-state index is 14.2. The van der Waals surface area contributed by atoms with Crippen LogP contribution in [0.3, 0.4) is 0 Å². The first-order valence-electron chi connectivity index (χ1n) is 9.38. The first-order valence-corrected chi connectivity index (χ1v) is 9.38. The number of nitrogens with zero attached hydrogens (tertiary/aromatic N) is 4. The minimum atomic E-state index is -4.71. The number of carbonyl (C=O) groups is 1. The van der Waals surface area contributed by atoms with E-state index in [9.17, 15) is 22.4 Å². The van der Waals surface area contributed by atoms with E-state index in [0.717, 1.165) is 0 Å². The van der Waals surface area contributed by atoms with Gasteiger partial charge in [0.05, 0.1) is 35.3 Å². The average molecular weight is 429 g/mol. The highest BCUT2D eigenvalue weighted by molar-refractivity contribution is 5.94. The van der Waals surface area contributed by atoms with Crippen molar-refractivity contribution >= 4 is 5.91 Å². The monoisotopic (exact) mass is 429 g/mol. The van der Waals surface area contributed by atoms with Crippen molar-refractivity contribution in [2.45, 2.75) is 31.6 Å². The zero-order valence-corrected chi connectivity index (χ0v) is 15.9. The number of nitriles is 1. The second kappa shape index (κ2) is 7.83. The maximum atomic E-state index is 14.2. The highest BCUT2D eigenvalue weighted by Crippen LogP contribution is 2.34. The minimum Gasteiger partial charge on any atom is -0.344 e. The molecular formula is C21H15F4N5O. The molecule has 4 rings (SSSR count). The number of pyridine rings is 1. The van der Waals surface area contributed by atoms with Crippen LogP contribution in [-0.4, -0.2) is 20.7 Å². The molecule has 158 valence electrons. The van der Waals surface area contributed by atoms with Gasteiger partial charge in [-0.1, -0.05) is 6.07 Å². The van der Waals surface area contributed by atoms with Gasteiger partial charge in [-0.15, -0.1) is 0 Å². The molecule has 0 spiro atoms. The third kappa shape index (κ3) is 4.12. The number of alkyl halides is 3. The van der Waals surface area contributed by atoms with Crippen molar-refractivity contribution in [1.82, 2.24) is 20.1 Å². The molecule has 1 atom stereocenters. The van der Waals surface area contributed by atoms with Gasteiger partial charge in [-0.2, -0.15) is 23.5 Å². The summed E-state index contributed by atoms with van der Waals surface area (Å²) < 4.78 is 54.7. The lowest BCUT2D eigenvalue weighted by atomic mass is 10.0. The first-order chi connectivity index (χ1) is 14.8. The third-order valence-electron chi connectivity index (χ3n) is 5.01. The van der Waals surface area contributed by atoms with Crippen LogP contribution in [-0.2, 0) is 12.7 Å². The molecule has 6 nitrogen and oxygen atoms in total. The van der Waals surface area contributed by atoms with Gasteiger partial charge < -0.3 is 5.32 Å². The molecule has 1 aliphatic rings. The summed E-state index contributed by atoms with van der Waals surface area (Å²) in [5, 5.41) is 16.1. The van der Waals surface area contributed by atoms with E-state index in [4.69, 9.17) is 5.26 Å². The molecule has 0 fully saturated rings. The van der Waals surface area contributed by atoms with Gasteiger partial charge in [0.1, 0.15) is 5.69 Å². The van der Waals surface area contributed by atoms with E-state index < -0.39 is 29.6 Å². The smallest absolute Gasteiger partial charge is 0.344 e. The molecule has 0 saturated heterocycles. The summed E-state index contributed by atoms with van der Waals surface area (Å²) in [6.45, 7) is 0.491. The average Bonchev–Trinajstić information content (AvgIpc) is 3.18. The van der Waals surface area contributed by atoms with E-state index in [-0.39, 0.29) is 11.3 Å². The summed E-state index contributed by atoms with van der Waals surface area (Å²) in [4.78, 5) is 15.7. The molecule has 0 radical (unpaired) electrons. The van der Waals surface area contributed by atoms with Gasteiger partial charge in [0, 0.05) is 17.7 Å². The largest absolute Gasteiger partial charge is 0.433 e. The Kier molecular flexibility index (Phi) is 5.19. The molecule has 2 aromatic heterocycles. The summed E-state index contributed by atoms with van der Waals surface area (Å²) >= 11 is 0. The Morgan fingerprint density at radius 3 is 2.81 bits per heavy atom. The fourth-order valence-corrected chi connectivity index (χ4v) is 3.52. The quantitative estimate of drug-likeness (QED) is 0.632. The van der Waals surface area contributed by atoms with Gasteiger partial charge in [0.15, 0.2) is 5.82 Å². The number of nitrogens with one attached hydrogen (secondary N) is 1. The van der Waals surface area contributed by atoms with E-state index in [0.29, 0.717) is 48.5 Å². The van der Waals surface area contributed by atoms with Crippen LogP contribution in [0.2, 0.25) is 0 Å². The zero-order chi connectivity index (χ0) is 22.2. The van der Waals surface area contributed by atoms with E-state index >= 15 is 0 Å². The SMILES string of the molecule is N#Cc1cccc(C(=O)NC2CCCn3nc(-c4cc(C(F)(F)F)ncc4F)cc32)c1. The highest BCUT2D eigenvalue weighted by atomic mass is 19.4. The molecule has 10 heteroatoms. The van der Waals surface area contributed by atoms with Crippen molar-refractivity contribution in [2.75, 3.05) is 0 Å². The number of benzene rings is 1. The second-order valence-electron chi connectivity index (χ2n) is 7.09. The lowest BCUT2D eigenvalue weighted by Gasteiger charge is -2.24. The third-order valence-corrected chi connectivity index (χ3v) is 5.01. The predicted octanol–water partition coefficient (Wildman–Crippen LogP) is 4.24. The molecule has 3 aromatic rings. The molecule has 1 N–H and O–H groups in total. The molecule has 0 bridgehead atoms. The van der Waals surface area contributed by atoms with Gasteiger partial charge in [0.2, 0.25) is 0 Å². The van der Waals surface area contributed by atoms with Crippen molar-refractivity contribution in [3.63, 3.8) is 0 Å². The number of amides is 1. The molecule has 0 aliphatic carbocycles. The molecule has 3 heterocycles. The highest BCUT2D eigenvalue weighted by Gasteiger charge is 2.34. The number of hydrogen-bond acceptors (Lipinski definition) is 4. The van der Waals surface area contributed by atoms with Gasteiger partial charge >= 0.3 is 6.18 Å². The van der Waals surface area contributed by atoms with E-state index in [2.05, 4.69) is 15.4 Å². The van der Waals surface area contributed by atoms with Crippen molar-refractivity contribution in [3.05, 3.63) is 70.9 Å². The Hall–Kier alpha value is -3.74. The Morgan fingerprint density at radius 2 is 2.06 bits per heavy atom. The molecule has 1 aromatic carbocycles. The Balaban J connectivity index is 1.64. The topological polar surface area (TPSA) is 83.6 Å². The Morgan fingerprint density at radius 1 is 1.26 bits per heavy atom. The molecular weight excluding hydrogens is 414 g/mol. The normalized spacial score (nSPS) is 15.8. The predicted molar refractivity (Wildman–Crippen MR) is 101 cm³/mol. The van der Waals surface area contributed by atoms with Crippen LogP contribution in [0.25, 0.3) is 11.3 Å². The van der Waals surface area contributed by atoms with Gasteiger partial charge in [0.25, 0.3) is 5.91 Å². The summed E-state index contributed by atoms with van der Waals surface area (Å²) in [6, 6.07) is 9.84. The lowest BCUT2D eigenvalue weighted by molar-refractivity contribution is -0.141. The Labute approximate surface area is 174 Å². The molecule has 31 heavy (non-hydrogen) atoms. The lowest BCUT2D eigenvalue weighted by Crippen LogP contribution is -2.32. The van der Waals surface area contributed by atoms with E-state index in [1.807, 2.05) is 6.07 Å². The van der Waals surface area contributed by atoms with Gasteiger partial charge in [-0.05, 0) is 43.2 Å². The van der Waals surface area contributed by atoms with Crippen molar-refractivity contribution in [1.29, 1.82) is 5.26 Å². The summed E-state index contributed by atoms with van der Waals surface area (Å²) in [6.07, 6.45) is -2.93. The van der Waals surface area contributed by atoms with E-state index in [1.54, 1.807) is 22.9 Å². The number of carbonyl (C=O) groups excluding carboxylic acids is 1. The summed E-state index contributed by atoms with van der Waals surface area (Å²) in [5.74, 6) is -1.31. The van der Waals surface area contributed by atoms with E-state index in [1.165, 1.54) is 12.1 Å². The number of halogens is 4. The number of fused-ring (bicyclic) bond motifs is 1. The van der Waals surface area contributed by atoms with Gasteiger partial charge in [-0.3, -0.25) is 9.48 Å². The van der Waals surface area contributed by atoms with Crippen LogP contribution < -0.4 is 5.32 Å². The van der Waals surface area contributed by atoms with Crippen LogP contribution in [0.15, 0.2) is 42.6 Å². The van der Waals surface area contributed by atoms with Gasteiger partial charge in [-0.25, -0.2) is 9.37 Å². The van der Waals surface area contributed by atoms with Crippen LogP contribution in [0, 0.1) is 17.1 Å². The minimum absolute atomic E-state index is 0.0352. The molecule has 1 unspecified atom stereocenters. The second-order valence-corrected chi connectivity index (χ2v) is 7.09. The van der Waals surface area contributed by atoms with Crippen LogP contribution in [0.5, 0.6) is 0 Å². The number of aromatic nitrogens is 3. The van der Waals surface area contributed by atoms with Crippen LogP contribution in [0.1, 0.15) is 46.2 Å². The summed E-state index contributed by atoms with van der Waals surface area (Å²) in [5.41, 5.74) is -0.264. The standard InChI is InChI=1S/C21H15F4N5O/c22-15-11-27-19(21(23,24)25)8-14(15)17-9-18-16(5-2-6-30(18)29-17)28-20(31)13-4-1-3-12(7-13)10-26/h1,3-4,7-9,11,16H,2,5-6H2,(H,28,31). The van der Waals surface area contributed by atoms with Crippen molar-refractivity contribution in [2.24, 2.45) is 0 Å². The van der Waals surface area contributed by atoms with Crippen molar-refractivity contribution < 1.29 is 22.4 Å². The molecule has 1 amide bonds. The zero-order valence-electron chi connectivity index (χ0n) is 15.9. The number of rotatable bonds is 3. The first kappa shape index (κ1) is 20.5. The van der Waals surface area contributed by atoms with Crippen LogP contribution >= 0.6 is 0 Å². The van der Waals surface area contributed by atoms with Crippen molar-refractivity contribution in [3.8, 4) is 17.3 Å². The fourth-order valence-electron chi connectivity index (χ4n) is 3.52. The molecule has 1 aliphatic heterocycles. The number of aryl methyl sites for hydroxylation is 1. The summed E-state index contributed by atoms with van der Waals surface area (Å²) in [7, 11) is 0. The Bertz CT molecular complexity index is 1200. The maximum Gasteiger partial charge on any atom is 0.433 e.